The molecule has 0 fully saturated rings. The van der Waals surface area contributed by atoms with E-state index in [1.54, 1.807) is 18.0 Å². The van der Waals surface area contributed by atoms with Crippen LogP contribution in [0.3, 0.4) is 0 Å². The fourth-order valence-corrected chi connectivity index (χ4v) is 3.01. The van der Waals surface area contributed by atoms with Crippen molar-refractivity contribution in [2.75, 3.05) is 11.6 Å². The molecule has 0 aliphatic rings. The topological polar surface area (TPSA) is 42.0 Å². The zero-order valence-electron chi connectivity index (χ0n) is 8.94. The molecule has 3 nitrogen and oxygen atoms in total. The number of nitrogens with zero attached hydrogens (tertiary/aromatic N) is 1. The number of carbonyl (C=O) groups excluding carboxylic acids is 1. The summed E-state index contributed by atoms with van der Waals surface area (Å²) in [6.45, 7) is 0. The van der Waals surface area contributed by atoms with E-state index in [-0.39, 0.29) is 5.91 Å². The number of hydrogen-bond acceptors (Lipinski definition) is 4. The normalized spacial score (nSPS) is 10.2. The third kappa shape index (κ3) is 3.08. The first-order valence-corrected chi connectivity index (χ1v) is 7.60. The Morgan fingerprint density at radius 1 is 1.47 bits per heavy atom. The molecule has 0 unspecified atom stereocenters. The third-order valence-corrected chi connectivity index (χ3v) is 4.24. The summed E-state index contributed by atoms with van der Waals surface area (Å²) in [7, 11) is 0. The predicted molar refractivity (Wildman–Crippen MR) is 76.0 cm³/mol. The Morgan fingerprint density at radius 3 is 2.88 bits per heavy atom. The quantitative estimate of drug-likeness (QED) is 0.869. The van der Waals surface area contributed by atoms with Crippen LogP contribution < -0.4 is 5.32 Å². The van der Waals surface area contributed by atoms with E-state index in [4.69, 9.17) is 0 Å². The summed E-state index contributed by atoms with van der Waals surface area (Å²) in [5.41, 5.74) is 0.673. The Kier molecular flexibility index (Phi) is 4.20. The number of amides is 1. The second-order valence-corrected chi connectivity index (χ2v) is 6.38. The number of rotatable bonds is 3. The molecular weight excluding hydrogens is 320 g/mol. The third-order valence-electron chi connectivity index (χ3n) is 2.05. The van der Waals surface area contributed by atoms with Gasteiger partial charge in [-0.25, -0.2) is 4.98 Å². The average Bonchev–Trinajstić information content (AvgIpc) is 2.74. The number of benzene rings is 1. The Labute approximate surface area is 116 Å². The highest BCUT2D eigenvalue weighted by Crippen LogP contribution is 2.25. The molecule has 0 aliphatic heterocycles. The SMILES string of the molecule is CSc1ccccc1C(=O)Nc1ncc(Br)s1. The Morgan fingerprint density at radius 2 is 2.24 bits per heavy atom. The number of halogens is 1. The van der Waals surface area contributed by atoms with Gasteiger partial charge in [-0.05, 0) is 34.3 Å². The van der Waals surface area contributed by atoms with E-state index < -0.39 is 0 Å². The Bertz CT molecular complexity index is 542. The van der Waals surface area contributed by atoms with Crippen molar-refractivity contribution in [2.24, 2.45) is 0 Å². The number of thioether (sulfide) groups is 1. The van der Waals surface area contributed by atoms with Crippen LogP contribution in [-0.4, -0.2) is 17.1 Å². The van der Waals surface area contributed by atoms with Crippen LogP contribution in [0.2, 0.25) is 0 Å². The van der Waals surface area contributed by atoms with Crippen molar-refractivity contribution in [3.63, 3.8) is 0 Å². The van der Waals surface area contributed by atoms with E-state index in [1.165, 1.54) is 11.3 Å². The van der Waals surface area contributed by atoms with Crippen LogP contribution >= 0.6 is 39.0 Å². The lowest BCUT2D eigenvalue weighted by molar-refractivity contribution is 0.102. The molecule has 0 spiro atoms. The van der Waals surface area contributed by atoms with Crippen molar-refractivity contribution >= 4 is 50.1 Å². The van der Waals surface area contributed by atoms with Crippen molar-refractivity contribution in [1.29, 1.82) is 0 Å². The molecule has 1 N–H and O–H groups in total. The van der Waals surface area contributed by atoms with Gasteiger partial charge in [0.05, 0.1) is 15.5 Å². The molecule has 0 saturated heterocycles. The summed E-state index contributed by atoms with van der Waals surface area (Å²) in [6.07, 6.45) is 3.62. The Balaban J connectivity index is 2.20. The molecule has 0 saturated carbocycles. The van der Waals surface area contributed by atoms with Crippen LogP contribution in [0.1, 0.15) is 10.4 Å². The van der Waals surface area contributed by atoms with Gasteiger partial charge in [-0.1, -0.05) is 23.5 Å². The van der Waals surface area contributed by atoms with E-state index in [0.717, 1.165) is 8.68 Å². The fraction of sp³-hybridized carbons (Fsp3) is 0.0909. The van der Waals surface area contributed by atoms with Gasteiger partial charge < -0.3 is 0 Å². The minimum absolute atomic E-state index is 0.128. The van der Waals surface area contributed by atoms with Crippen molar-refractivity contribution < 1.29 is 4.79 Å². The van der Waals surface area contributed by atoms with Gasteiger partial charge in [-0.15, -0.1) is 11.8 Å². The summed E-state index contributed by atoms with van der Waals surface area (Å²) in [6, 6.07) is 7.51. The molecule has 0 radical (unpaired) electrons. The van der Waals surface area contributed by atoms with Gasteiger partial charge in [0.15, 0.2) is 5.13 Å². The van der Waals surface area contributed by atoms with Crippen LogP contribution in [0.15, 0.2) is 39.1 Å². The summed E-state index contributed by atoms with van der Waals surface area (Å²) < 4.78 is 0.894. The average molecular weight is 329 g/mol. The van der Waals surface area contributed by atoms with Gasteiger partial charge in [0.1, 0.15) is 0 Å². The minimum atomic E-state index is -0.128. The van der Waals surface area contributed by atoms with Gasteiger partial charge in [0, 0.05) is 4.90 Å². The first kappa shape index (κ1) is 12.6. The molecule has 0 aliphatic carbocycles. The smallest absolute Gasteiger partial charge is 0.258 e. The van der Waals surface area contributed by atoms with Crippen molar-refractivity contribution in [3.8, 4) is 0 Å². The second kappa shape index (κ2) is 5.66. The van der Waals surface area contributed by atoms with Crippen LogP contribution in [0.5, 0.6) is 0 Å². The van der Waals surface area contributed by atoms with Gasteiger partial charge in [-0.3, -0.25) is 10.1 Å². The molecule has 1 aromatic carbocycles. The lowest BCUT2D eigenvalue weighted by atomic mass is 10.2. The number of thiazole rings is 1. The summed E-state index contributed by atoms with van der Waals surface area (Å²) >= 11 is 6.25. The van der Waals surface area contributed by atoms with Crippen LogP contribution in [0.4, 0.5) is 5.13 Å². The van der Waals surface area contributed by atoms with E-state index in [1.807, 2.05) is 30.5 Å². The highest BCUT2D eigenvalue weighted by molar-refractivity contribution is 9.11. The van der Waals surface area contributed by atoms with Crippen LogP contribution in [-0.2, 0) is 0 Å². The molecule has 6 heteroatoms. The van der Waals surface area contributed by atoms with Gasteiger partial charge in [0.25, 0.3) is 5.91 Å². The monoisotopic (exact) mass is 328 g/mol. The number of anilines is 1. The molecule has 17 heavy (non-hydrogen) atoms. The lowest BCUT2D eigenvalue weighted by Gasteiger charge is -2.05. The van der Waals surface area contributed by atoms with E-state index >= 15 is 0 Å². The largest absolute Gasteiger partial charge is 0.298 e. The molecule has 1 aromatic heterocycles. The molecule has 1 amide bonds. The zero-order valence-corrected chi connectivity index (χ0v) is 12.2. The number of nitrogens with one attached hydrogen (secondary N) is 1. The number of carbonyl (C=O) groups is 1. The molecule has 2 aromatic rings. The van der Waals surface area contributed by atoms with Gasteiger partial charge >= 0.3 is 0 Å². The van der Waals surface area contributed by atoms with Crippen molar-refractivity contribution in [2.45, 2.75) is 4.90 Å². The van der Waals surface area contributed by atoms with Gasteiger partial charge in [-0.2, -0.15) is 0 Å². The summed E-state index contributed by atoms with van der Waals surface area (Å²) in [4.78, 5) is 17.1. The number of aromatic nitrogens is 1. The highest BCUT2D eigenvalue weighted by atomic mass is 79.9. The van der Waals surface area contributed by atoms with Crippen LogP contribution in [0, 0.1) is 0 Å². The van der Waals surface area contributed by atoms with Crippen molar-refractivity contribution in [1.82, 2.24) is 4.98 Å². The molecule has 0 bridgehead atoms. The van der Waals surface area contributed by atoms with E-state index in [0.29, 0.717) is 10.7 Å². The maximum atomic E-state index is 12.0. The zero-order chi connectivity index (χ0) is 12.3. The minimum Gasteiger partial charge on any atom is -0.298 e. The first-order chi connectivity index (χ1) is 8.20. The molecule has 2 rings (SSSR count). The second-order valence-electron chi connectivity index (χ2n) is 3.12. The van der Waals surface area contributed by atoms with Crippen molar-refractivity contribution in [3.05, 3.63) is 39.8 Å². The molecular formula is C11H9BrN2OS2. The first-order valence-electron chi connectivity index (χ1n) is 4.76. The maximum Gasteiger partial charge on any atom is 0.258 e. The van der Waals surface area contributed by atoms with Gasteiger partial charge in [0.2, 0.25) is 0 Å². The maximum absolute atomic E-state index is 12.0. The van der Waals surface area contributed by atoms with E-state index in [9.17, 15) is 4.79 Å². The molecule has 88 valence electrons. The molecule has 0 atom stereocenters. The Hall–Kier alpha value is -0.850. The lowest BCUT2D eigenvalue weighted by Crippen LogP contribution is -2.12. The number of hydrogen-bond donors (Lipinski definition) is 1. The summed E-state index contributed by atoms with van der Waals surface area (Å²) in [5, 5.41) is 3.37. The predicted octanol–water partition coefficient (Wildman–Crippen LogP) is 3.88. The van der Waals surface area contributed by atoms with Crippen LogP contribution in [0.25, 0.3) is 0 Å². The summed E-state index contributed by atoms with van der Waals surface area (Å²) in [5.74, 6) is -0.128. The van der Waals surface area contributed by atoms with E-state index in [2.05, 4.69) is 26.2 Å². The fourth-order valence-electron chi connectivity index (χ4n) is 1.31. The molecule has 1 heterocycles. The standard InChI is InChI=1S/C11H9BrN2OS2/c1-16-8-5-3-2-4-7(8)10(15)14-11-13-6-9(12)17-11/h2-6H,1H3,(H,13,14,15). The highest BCUT2D eigenvalue weighted by Gasteiger charge is 2.11.